The zero-order chi connectivity index (χ0) is 12.1. The van der Waals surface area contributed by atoms with Gasteiger partial charge < -0.3 is 15.2 Å². The maximum atomic E-state index is 5.46. The van der Waals surface area contributed by atoms with Crippen LogP contribution in [0, 0.1) is 5.92 Å². The fraction of sp³-hybridized carbons (Fsp3) is 0.833. The second-order valence-electron chi connectivity index (χ2n) is 4.97. The first-order valence-electron chi connectivity index (χ1n) is 6.48. The van der Waals surface area contributed by atoms with Gasteiger partial charge in [0.1, 0.15) is 0 Å². The van der Waals surface area contributed by atoms with Gasteiger partial charge in [-0.3, -0.25) is 0 Å². The summed E-state index contributed by atoms with van der Waals surface area (Å²) in [7, 11) is 2.17. The Bertz CT molecular complexity index is 339. The van der Waals surface area contributed by atoms with Crippen LogP contribution in [-0.2, 0) is 12.8 Å². The summed E-state index contributed by atoms with van der Waals surface area (Å²) in [5, 5.41) is 3.98. The SMILES string of the molecule is CN1CCCC(Cc2nc(CCCN)no2)C1. The molecular weight excluding hydrogens is 216 g/mol. The summed E-state index contributed by atoms with van der Waals surface area (Å²) in [6.45, 7) is 3.03. The molecule has 0 aromatic carbocycles. The summed E-state index contributed by atoms with van der Waals surface area (Å²) in [6.07, 6.45) is 5.20. The molecule has 1 unspecified atom stereocenters. The fourth-order valence-electron chi connectivity index (χ4n) is 2.42. The molecule has 1 saturated heterocycles. The van der Waals surface area contributed by atoms with Crippen molar-refractivity contribution < 1.29 is 4.52 Å². The van der Waals surface area contributed by atoms with Gasteiger partial charge >= 0.3 is 0 Å². The number of nitrogens with zero attached hydrogens (tertiary/aromatic N) is 3. The Morgan fingerprint density at radius 1 is 1.53 bits per heavy atom. The Hall–Kier alpha value is -0.940. The number of rotatable bonds is 5. The number of hydrogen-bond donors (Lipinski definition) is 1. The molecule has 2 rings (SSSR count). The van der Waals surface area contributed by atoms with E-state index in [0.717, 1.165) is 37.5 Å². The van der Waals surface area contributed by atoms with Crippen molar-refractivity contribution in [3.05, 3.63) is 11.7 Å². The monoisotopic (exact) mass is 238 g/mol. The highest BCUT2D eigenvalue weighted by atomic mass is 16.5. The molecule has 1 aliphatic rings. The van der Waals surface area contributed by atoms with Crippen LogP contribution in [0.15, 0.2) is 4.52 Å². The molecule has 5 heteroatoms. The summed E-state index contributed by atoms with van der Waals surface area (Å²) in [6, 6.07) is 0. The Labute approximate surface area is 102 Å². The second-order valence-corrected chi connectivity index (χ2v) is 4.97. The van der Waals surface area contributed by atoms with Crippen LogP contribution >= 0.6 is 0 Å². The Morgan fingerprint density at radius 2 is 2.41 bits per heavy atom. The molecule has 0 radical (unpaired) electrons. The largest absolute Gasteiger partial charge is 0.339 e. The van der Waals surface area contributed by atoms with Crippen LogP contribution in [0.4, 0.5) is 0 Å². The van der Waals surface area contributed by atoms with Crippen molar-refractivity contribution in [3.8, 4) is 0 Å². The highest BCUT2D eigenvalue weighted by Gasteiger charge is 2.20. The van der Waals surface area contributed by atoms with Gasteiger partial charge in [0.25, 0.3) is 0 Å². The molecule has 0 bridgehead atoms. The van der Waals surface area contributed by atoms with Gasteiger partial charge in [0.05, 0.1) is 0 Å². The third-order valence-corrected chi connectivity index (χ3v) is 3.30. The van der Waals surface area contributed by atoms with Crippen molar-refractivity contribution in [1.82, 2.24) is 15.0 Å². The van der Waals surface area contributed by atoms with E-state index in [9.17, 15) is 0 Å². The molecule has 1 aliphatic heterocycles. The van der Waals surface area contributed by atoms with E-state index in [1.807, 2.05) is 0 Å². The Balaban J connectivity index is 1.83. The smallest absolute Gasteiger partial charge is 0.226 e. The number of likely N-dealkylation sites (tertiary alicyclic amines) is 1. The van der Waals surface area contributed by atoms with Crippen LogP contribution in [0.2, 0.25) is 0 Å². The molecule has 1 aromatic rings. The Kier molecular flexibility index (Phi) is 4.50. The maximum absolute atomic E-state index is 5.46. The number of aryl methyl sites for hydroxylation is 1. The molecular formula is C12H22N4O. The van der Waals surface area contributed by atoms with E-state index in [4.69, 9.17) is 10.3 Å². The van der Waals surface area contributed by atoms with Crippen molar-refractivity contribution in [2.45, 2.75) is 32.1 Å². The van der Waals surface area contributed by atoms with E-state index in [1.165, 1.54) is 19.4 Å². The van der Waals surface area contributed by atoms with Crippen molar-refractivity contribution in [3.63, 3.8) is 0 Å². The van der Waals surface area contributed by atoms with Gasteiger partial charge in [-0.15, -0.1) is 0 Å². The number of aromatic nitrogens is 2. The average molecular weight is 238 g/mol. The minimum Gasteiger partial charge on any atom is -0.339 e. The number of piperidine rings is 1. The lowest BCUT2D eigenvalue weighted by molar-refractivity contribution is 0.199. The van der Waals surface area contributed by atoms with Crippen LogP contribution in [0.5, 0.6) is 0 Å². The molecule has 2 N–H and O–H groups in total. The molecule has 1 fully saturated rings. The van der Waals surface area contributed by atoms with Crippen molar-refractivity contribution >= 4 is 0 Å². The topological polar surface area (TPSA) is 68.2 Å². The lowest BCUT2D eigenvalue weighted by Gasteiger charge is -2.28. The number of nitrogens with two attached hydrogens (primary N) is 1. The summed E-state index contributed by atoms with van der Waals surface area (Å²) in [4.78, 5) is 6.79. The fourth-order valence-corrected chi connectivity index (χ4v) is 2.42. The summed E-state index contributed by atoms with van der Waals surface area (Å²) < 4.78 is 5.28. The minimum absolute atomic E-state index is 0.663. The maximum Gasteiger partial charge on any atom is 0.226 e. The van der Waals surface area contributed by atoms with E-state index in [1.54, 1.807) is 0 Å². The van der Waals surface area contributed by atoms with Gasteiger partial charge in [-0.05, 0) is 45.3 Å². The zero-order valence-electron chi connectivity index (χ0n) is 10.6. The summed E-state index contributed by atoms with van der Waals surface area (Å²) in [5.74, 6) is 2.25. The van der Waals surface area contributed by atoms with E-state index in [-0.39, 0.29) is 0 Å². The molecule has 96 valence electrons. The van der Waals surface area contributed by atoms with Crippen LogP contribution < -0.4 is 5.73 Å². The van der Waals surface area contributed by atoms with Gasteiger partial charge in [0.15, 0.2) is 5.82 Å². The molecule has 1 atom stereocenters. The standard InChI is InChI=1S/C12H22N4O/c1-16-7-3-4-10(9-16)8-12-14-11(15-17-12)5-2-6-13/h10H,2-9,13H2,1H3. The quantitative estimate of drug-likeness (QED) is 0.823. The van der Waals surface area contributed by atoms with Crippen molar-refractivity contribution in [2.24, 2.45) is 11.7 Å². The third kappa shape index (κ3) is 3.78. The summed E-state index contributed by atoms with van der Waals surface area (Å²) in [5.41, 5.74) is 5.46. The number of hydrogen-bond acceptors (Lipinski definition) is 5. The predicted octanol–water partition coefficient (Wildman–Crippen LogP) is 0.845. The molecule has 0 aliphatic carbocycles. The van der Waals surface area contributed by atoms with Crippen molar-refractivity contribution in [2.75, 3.05) is 26.7 Å². The average Bonchev–Trinajstić information content (AvgIpc) is 2.74. The lowest BCUT2D eigenvalue weighted by Crippen LogP contribution is -2.33. The Morgan fingerprint density at radius 3 is 3.18 bits per heavy atom. The van der Waals surface area contributed by atoms with E-state index >= 15 is 0 Å². The first kappa shape index (κ1) is 12.5. The highest BCUT2D eigenvalue weighted by molar-refractivity contribution is 4.89. The van der Waals surface area contributed by atoms with Gasteiger partial charge in [-0.25, -0.2) is 0 Å². The van der Waals surface area contributed by atoms with Gasteiger partial charge in [-0.2, -0.15) is 4.98 Å². The predicted molar refractivity (Wildman–Crippen MR) is 65.6 cm³/mol. The molecule has 0 amide bonds. The van der Waals surface area contributed by atoms with Crippen LogP contribution in [0.1, 0.15) is 31.0 Å². The molecule has 0 saturated carbocycles. The first-order valence-corrected chi connectivity index (χ1v) is 6.48. The lowest BCUT2D eigenvalue weighted by atomic mass is 9.95. The van der Waals surface area contributed by atoms with E-state index < -0.39 is 0 Å². The van der Waals surface area contributed by atoms with Gasteiger partial charge in [-0.1, -0.05) is 5.16 Å². The highest BCUT2D eigenvalue weighted by Crippen LogP contribution is 2.19. The van der Waals surface area contributed by atoms with E-state index in [0.29, 0.717) is 12.5 Å². The normalized spacial score (nSPS) is 21.9. The van der Waals surface area contributed by atoms with Gasteiger partial charge in [0.2, 0.25) is 5.89 Å². The van der Waals surface area contributed by atoms with E-state index in [2.05, 4.69) is 22.1 Å². The molecule has 2 heterocycles. The third-order valence-electron chi connectivity index (χ3n) is 3.30. The zero-order valence-corrected chi connectivity index (χ0v) is 10.6. The molecule has 0 spiro atoms. The van der Waals surface area contributed by atoms with Crippen LogP contribution in [0.3, 0.4) is 0 Å². The molecule has 5 nitrogen and oxygen atoms in total. The second kappa shape index (κ2) is 6.12. The summed E-state index contributed by atoms with van der Waals surface area (Å²) >= 11 is 0. The molecule has 1 aromatic heterocycles. The van der Waals surface area contributed by atoms with Crippen molar-refractivity contribution in [1.29, 1.82) is 0 Å². The molecule has 17 heavy (non-hydrogen) atoms. The van der Waals surface area contributed by atoms with Crippen LogP contribution in [0.25, 0.3) is 0 Å². The van der Waals surface area contributed by atoms with Gasteiger partial charge in [0, 0.05) is 19.4 Å². The first-order chi connectivity index (χ1) is 8.28. The van der Waals surface area contributed by atoms with Crippen LogP contribution in [-0.4, -0.2) is 41.7 Å². The minimum atomic E-state index is 0.663.